The van der Waals surface area contributed by atoms with Gasteiger partial charge in [-0.2, -0.15) is 0 Å². The Morgan fingerprint density at radius 3 is 2.85 bits per heavy atom. The van der Waals surface area contributed by atoms with Gasteiger partial charge in [-0.05, 0) is 13.1 Å². The lowest BCUT2D eigenvalue weighted by Crippen LogP contribution is -2.57. The zero-order valence-corrected chi connectivity index (χ0v) is 12.2. The van der Waals surface area contributed by atoms with Crippen molar-refractivity contribution >= 4 is 5.91 Å². The monoisotopic (exact) mass is 277 g/mol. The maximum absolute atomic E-state index is 12.5. The Kier molecular flexibility index (Phi) is 4.98. The fourth-order valence-corrected chi connectivity index (χ4v) is 2.65. The van der Waals surface area contributed by atoms with Crippen LogP contribution in [0.25, 0.3) is 0 Å². The number of likely N-dealkylation sites (N-methyl/N-ethyl adjacent to an activating group) is 1. The van der Waals surface area contributed by atoms with E-state index in [1.165, 1.54) is 0 Å². The molecule has 1 fully saturated rings. The second kappa shape index (κ2) is 6.72. The number of methoxy groups -OCH3 is 1. The molecule has 110 valence electrons. The van der Waals surface area contributed by atoms with E-state index in [4.69, 9.17) is 10.5 Å². The van der Waals surface area contributed by atoms with Crippen LogP contribution in [0.2, 0.25) is 0 Å². The first-order valence-electron chi connectivity index (χ1n) is 6.95. The Labute approximate surface area is 120 Å². The zero-order chi connectivity index (χ0) is 14.5. The fourth-order valence-electron chi connectivity index (χ4n) is 2.65. The van der Waals surface area contributed by atoms with Crippen molar-refractivity contribution in [2.24, 2.45) is 5.73 Å². The molecular formula is C15H23N3O2. The fraction of sp³-hybridized carbons (Fsp3) is 0.533. The van der Waals surface area contributed by atoms with Crippen molar-refractivity contribution in [1.82, 2.24) is 9.80 Å². The van der Waals surface area contributed by atoms with Crippen molar-refractivity contribution in [2.45, 2.75) is 12.5 Å². The van der Waals surface area contributed by atoms with Gasteiger partial charge in [0.25, 0.3) is 0 Å². The molecule has 2 rings (SSSR count). The van der Waals surface area contributed by atoms with E-state index in [0.29, 0.717) is 13.0 Å². The summed E-state index contributed by atoms with van der Waals surface area (Å²) in [7, 11) is 3.69. The van der Waals surface area contributed by atoms with Crippen LogP contribution in [0.4, 0.5) is 0 Å². The van der Waals surface area contributed by atoms with Crippen molar-refractivity contribution in [3.63, 3.8) is 0 Å². The number of benzene rings is 1. The molecule has 0 bridgehead atoms. The molecule has 5 nitrogen and oxygen atoms in total. The molecule has 0 spiro atoms. The van der Waals surface area contributed by atoms with Crippen LogP contribution in [0.15, 0.2) is 24.3 Å². The van der Waals surface area contributed by atoms with Crippen LogP contribution in [-0.4, -0.2) is 62.1 Å². The summed E-state index contributed by atoms with van der Waals surface area (Å²) in [6.45, 7) is 2.98. The summed E-state index contributed by atoms with van der Waals surface area (Å²) in [5.74, 6) is 0.886. The van der Waals surface area contributed by atoms with Gasteiger partial charge in [0.2, 0.25) is 5.91 Å². The van der Waals surface area contributed by atoms with Gasteiger partial charge in [-0.25, -0.2) is 0 Å². The molecule has 1 unspecified atom stereocenters. The molecule has 5 heteroatoms. The molecule has 1 aromatic rings. The SMILES string of the molecule is COc1ccccc1CC(=O)N1CCN(C)CC1CN. The summed E-state index contributed by atoms with van der Waals surface area (Å²) < 4.78 is 5.30. The Morgan fingerprint density at radius 2 is 2.15 bits per heavy atom. The van der Waals surface area contributed by atoms with Gasteiger partial charge in [0.15, 0.2) is 0 Å². The number of rotatable bonds is 4. The number of carbonyl (C=O) groups is 1. The van der Waals surface area contributed by atoms with E-state index in [2.05, 4.69) is 11.9 Å². The van der Waals surface area contributed by atoms with Gasteiger partial charge < -0.3 is 20.3 Å². The van der Waals surface area contributed by atoms with E-state index < -0.39 is 0 Å². The number of hydrogen-bond donors (Lipinski definition) is 1. The number of hydrogen-bond acceptors (Lipinski definition) is 4. The highest BCUT2D eigenvalue weighted by Gasteiger charge is 2.28. The molecule has 1 aliphatic rings. The highest BCUT2D eigenvalue weighted by atomic mass is 16.5. The first kappa shape index (κ1) is 14.8. The van der Waals surface area contributed by atoms with Gasteiger partial charge >= 0.3 is 0 Å². The van der Waals surface area contributed by atoms with E-state index in [0.717, 1.165) is 30.9 Å². The summed E-state index contributed by atoms with van der Waals surface area (Å²) in [5, 5.41) is 0. The molecule has 0 saturated carbocycles. The Hall–Kier alpha value is -1.59. The Morgan fingerprint density at radius 1 is 1.40 bits per heavy atom. The van der Waals surface area contributed by atoms with Crippen LogP contribution >= 0.6 is 0 Å². The second-order valence-corrected chi connectivity index (χ2v) is 5.23. The highest BCUT2D eigenvalue weighted by molar-refractivity contribution is 5.80. The molecule has 1 aliphatic heterocycles. The molecule has 1 saturated heterocycles. The van der Waals surface area contributed by atoms with Crippen molar-refractivity contribution in [2.75, 3.05) is 40.3 Å². The lowest BCUT2D eigenvalue weighted by molar-refractivity contribution is -0.134. The van der Waals surface area contributed by atoms with Gasteiger partial charge in [0.1, 0.15) is 5.75 Å². The van der Waals surface area contributed by atoms with Crippen LogP contribution in [0.3, 0.4) is 0 Å². The first-order valence-corrected chi connectivity index (χ1v) is 6.95. The number of amides is 1. The lowest BCUT2D eigenvalue weighted by Gasteiger charge is -2.39. The predicted molar refractivity (Wildman–Crippen MR) is 78.8 cm³/mol. The molecule has 0 radical (unpaired) electrons. The number of ether oxygens (including phenoxy) is 1. The quantitative estimate of drug-likeness (QED) is 0.862. The number of nitrogens with two attached hydrogens (primary N) is 1. The topological polar surface area (TPSA) is 58.8 Å². The molecule has 1 amide bonds. The van der Waals surface area contributed by atoms with Gasteiger partial charge in [-0.3, -0.25) is 4.79 Å². The van der Waals surface area contributed by atoms with Crippen LogP contribution < -0.4 is 10.5 Å². The molecule has 0 aromatic heterocycles. The molecule has 1 atom stereocenters. The van der Waals surface area contributed by atoms with E-state index in [1.54, 1.807) is 7.11 Å². The first-order chi connectivity index (χ1) is 9.65. The molecule has 1 heterocycles. The maximum atomic E-state index is 12.5. The predicted octanol–water partition coefficient (Wildman–Crippen LogP) is 0.339. The largest absolute Gasteiger partial charge is 0.496 e. The Balaban J connectivity index is 2.07. The smallest absolute Gasteiger partial charge is 0.227 e. The molecule has 2 N–H and O–H groups in total. The molecule has 1 aromatic carbocycles. The Bertz CT molecular complexity index is 464. The van der Waals surface area contributed by atoms with E-state index in [1.807, 2.05) is 29.2 Å². The third kappa shape index (κ3) is 3.29. The average Bonchev–Trinajstić information content (AvgIpc) is 2.47. The van der Waals surface area contributed by atoms with E-state index in [-0.39, 0.29) is 11.9 Å². The van der Waals surface area contributed by atoms with Gasteiger partial charge in [-0.1, -0.05) is 18.2 Å². The van der Waals surface area contributed by atoms with Crippen molar-refractivity contribution in [3.8, 4) is 5.75 Å². The zero-order valence-electron chi connectivity index (χ0n) is 12.2. The van der Waals surface area contributed by atoms with Crippen LogP contribution in [0.1, 0.15) is 5.56 Å². The maximum Gasteiger partial charge on any atom is 0.227 e. The minimum Gasteiger partial charge on any atom is -0.496 e. The van der Waals surface area contributed by atoms with Gasteiger partial charge in [-0.15, -0.1) is 0 Å². The summed E-state index contributed by atoms with van der Waals surface area (Å²) >= 11 is 0. The molecule has 0 aliphatic carbocycles. The number of piperazine rings is 1. The van der Waals surface area contributed by atoms with Crippen LogP contribution in [-0.2, 0) is 11.2 Å². The third-order valence-corrected chi connectivity index (χ3v) is 3.81. The molecule has 20 heavy (non-hydrogen) atoms. The van der Waals surface area contributed by atoms with Crippen molar-refractivity contribution in [1.29, 1.82) is 0 Å². The lowest BCUT2D eigenvalue weighted by atomic mass is 10.1. The average molecular weight is 277 g/mol. The van der Waals surface area contributed by atoms with Crippen LogP contribution in [0.5, 0.6) is 5.75 Å². The minimum atomic E-state index is 0.107. The molecular weight excluding hydrogens is 254 g/mol. The number of para-hydroxylation sites is 1. The summed E-state index contributed by atoms with van der Waals surface area (Å²) in [6, 6.07) is 7.76. The van der Waals surface area contributed by atoms with Gasteiger partial charge in [0.05, 0.1) is 19.6 Å². The minimum absolute atomic E-state index is 0.107. The second-order valence-electron chi connectivity index (χ2n) is 5.23. The van der Waals surface area contributed by atoms with Gasteiger partial charge in [0, 0.05) is 31.7 Å². The number of carbonyl (C=O) groups excluding carboxylic acids is 1. The standard InChI is InChI=1S/C15H23N3O2/c1-17-7-8-18(13(10-16)11-17)15(19)9-12-5-3-4-6-14(12)20-2/h3-6,13H,7-11,16H2,1-2H3. The number of nitrogens with zero attached hydrogens (tertiary/aromatic N) is 2. The summed E-state index contributed by atoms with van der Waals surface area (Å²) in [4.78, 5) is 16.6. The van der Waals surface area contributed by atoms with E-state index in [9.17, 15) is 4.79 Å². The highest BCUT2D eigenvalue weighted by Crippen LogP contribution is 2.19. The normalized spacial score (nSPS) is 19.9. The van der Waals surface area contributed by atoms with Crippen molar-refractivity contribution < 1.29 is 9.53 Å². The third-order valence-electron chi connectivity index (χ3n) is 3.81. The summed E-state index contributed by atoms with van der Waals surface area (Å²) in [6.07, 6.45) is 0.365. The summed E-state index contributed by atoms with van der Waals surface area (Å²) in [5.41, 5.74) is 6.72. The van der Waals surface area contributed by atoms with Crippen LogP contribution in [0, 0.1) is 0 Å². The van der Waals surface area contributed by atoms with E-state index >= 15 is 0 Å². The van der Waals surface area contributed by atoms with Crippen molar-refractivity contribution in [3.05, 3.63) is 29.8 Å².